The zero-order valence-electron chi connectivity index (χ0n) is 9.15. The van der Waals surface area contributed by atoms with Gasteiger partial charge in [0.2, 0.25) is 0 Å². The van der Waals surface area contributed by atoms with Gasteiger partial charge in [-0.25, -0.2) is 0 Å². The van der Waals surface area contributed by atoms with Gasteiger partial charge in [0.1, 0.15) is 5.75 Å². The van der Waals surface area contributed by atoms with E-state index in [0.717, 1.165) is 12.2 Å². The Balaban J connectivity index is 1.90. The van der Waals surface area contributed by atoms with Gasteiger partial charge in [-0.3, -0.25) is 0 Å². The molecule has 0 radical (unpaired) electrons. The Morgan fingerprint density at radius 3 is 2.53 bits per heavy atom. The third-order valence-corrected chi connectivity index (χ3v) is 2.65. The van der Waals surface area contributed by atoms with Gasteiger partial charge in [0.05, 0.1) is 6.10 Å². The van der Waals surface area contributed by atoms with Crippen molar-refractivity contribution in [1.82, 2.24) is 0 Å². The minimum Gasteiger partial charge on any atom is -0.490 e. The number of hydrogen-bond donors (Lipinski definition) is 1. The van der Waals surface area contributed by atoms with E-state index in [1.165, 1.54) is 18.4 Å². The molecule has 0 aromatic heterocycles. The fourth-order valence-corrected chi connectivity index (χ4v) is 1.55. The van der Waals surface area contributed by atoms with E-state index in [1.807, 2.05) is 12.1 Å². The molecule has 0 bridgehead atoms. The van der Waals surface area contributed by atoms with E-state index in [2.05, 4.69) is 19.1 Å². The van der Waals surface area contributed by atoms with Gasteiger partial charge < -0.3 is 9.84 Å². The number of aliphatic hydroxyl groups excluding tert-OH is 1. The zero-order valence-corrected chi connectivity index (χ0v) is 9.15. The van der Waals surface area contributed by atoms with Crippen molar-refractivity contribution in [2.45, 2.75) is 32.3 Å². The Hall–Kier alpha value is -1.02. The van der Waals surface area contributed by atoms with Crippen LogP contribution in [0.25, 0.3) is 0 Å². The minimum atomic E-state index is 0.250. The first-order chi connectivity index (χ1) is 7.28. The van der Waals surface area contributed by atoms with Crippen LogP contribution in [0, 0.1) is 5.92 Å². The van der Waals surface area contributed by atoms with E-state index in [0.29, 0.717) is 12.0 Å². The predicted octanol–water partition coefficient (Wildman–Crippen LogP) is 2.40. The van der Waals surface area contributed by atoms with Gasteiger partial charge in [0.15, 0.2) is 0 Å². The standard InChI is InChI=1S/C13H18O2/c1-10(9-14)8-11-2-4-12(5-3-11)15-13-6-7-13/h2-5,10,13-14H,6-9H2,1H3. The number of aliphatic hydroxyl groups is 1. The first-order valence-electron chi connectivity index (χ1n) is 5.64. The molecule has 1 aliphatic rings. The van der Waals surface area contributed by atoms with E-state index >= 15 is 0 Å². The van der Waals surface area contributed by atoms with Gasteiger partial charge in [-0.1, -0.05) is 19.1 Å². The summed E-state index contributed by atoms with van der Waals surface area (Å²) in [7, 11) is 0. The SMILES string of the molecule is CC(CO)Cc1ccc(OC2CC2)cc1. The third kappa shape index (κ3) is 3.24. The average Bonchev–Trinajstić information content (AvgIpc) is 3.05. The molecule has 1 aromatic carbocycles. The van der Waals surface area contributed by atoms with Crippen molar-refractivity contribution >= 4 is 0 Å². The molecule has 1 atom stereocenters. The topological polar surface area (TPSA) is 29.5 Å². The van der Waals surface area contributed by atoms with Crippen LogP contribution in [-0.2, 0) is 6.42 Å². The zero-order chi connectivity index (χ0) is 10.7. The lowest BCUT2D eigenvalue weighted by Crippen LogP contribution is -2.04. The van der Waals surface area contributed by atoms with Crippen LogP contribution in [0.2, 0.25) is 0 Å². The van der Waals surface area contributed by atoms with Gasteiger partial charge >= 0.3 is 0 Å². The van der Waals surface area contributed by atoms with Crippen molar-refractivity contribution < 1.29 is 9.84 Å². The number of hydrogen-bond acceptors (Lipinski definition) is 2. The first-order valence-corrected chi connectivity index (χ1v) is 5.64. The fraction of sp³-hybridized carbons (Fsp3) is 0.538. The fourth-order valence-electron chi connectivity index (χ4n) is 1.55. The largest absolute Gasteiger partial charge is 0.490 e. The molecular formula is C13H18O2. The maximum absolute atomic E-state index is 8.95. The van der Waals surface area contributed by atoms with Gasteiger partial charge in [-0.15, -0.1) is 0 Å². The molecule has 1 N–H and O–H groups in total. The Kier molecular flexibility index (Phi) is 3.27. The minimum absolute atomic E-state index is 0.250. The molecule has 2 heteroatoms. The highest BCUT2D eigenvalue weighted by Crippen LogP contribution is 2.26. The summed E-state index contributed by atoms with van der Waals surface area (Å²) >= 11 is 0. The van der Waals surface area contributed by atoms with Crippen molar-refractivity contribution in [2.75, 3.05) is 6.61 Å². The van der Waals surface area contributed by atoms with Crippen molar-refractivity contribution in [2.24, 2.45) is 5.92 Å². The molecule has 0 spiro atoms. The van der Waals surface area contributed by atoms with E-state index in [1.54, 1.807) is 0 Å². The van der Waals surface area contributed by atoms with Crippen LogP contribution >= 0.6 is 0 Å². The van der Waals surface area contributed by atoms with Crippen LogP contribution in [0.4, 0.5) is 0 Å². The van der Waals surface area contributed by atoms with Crippen LogP contribution in [0.15, 0.2) is 24.3 Å². The Labute approximate surface area is 90.9 Å². The summed E-state index contributed by atoms with van der Waals surface area (Å²) in [4.78, 5) is 0. The van der Waals surface area contributed by atoms with Crippen LogP contribution in [-0.4, -0.2) is 17.8 Å². The van der Waals surface area contributed by atoms with Crippen molar-refractivity contribution in [3.8, 4) is 5.75 Å². The van der Waals surface area contributed by atoms with Crippen LogP contribution in [0.5, 0.6) is 5.75 Å². The highest BCUT2D eigenvalue weighted by atomic mass is 16.5. The summed E-state index contributed by atoms with van der Waals surface area (Å²) in [5.74, 6) is 1.30. The van der Waals surface area contributed by atoms with Gasteiger partial charge in [0.25, 0.3) is 0 Å². The van der Waals surface area contributed by atoms with Crippen molar-refractivity contribution in [1.29, 1.82) is 0 Å². The summed E-state index contributed by atoms with van der Waals surface area (Å²) in [5.41, 5.74) is 1.26. The molecule has 2 rings (SSSR count). The Bertz CT molecular complexity index is 301. The van der Waals surface area contributed by atoms with E-state index in [4.69, 9.17) is 9.84 Å². The number of ether oxygens (including phenoxy) is 1. The van der Waals surface area contributed by atoms with Gasteiger partial charge in [-0.2, -0.15) is 0 Å². The summed E-state index contributed by atoms with van der Waals surface area (Å²) in [5, 5.41) is 8.95. The molecule has 15 heavy (non-hydrogen) atoms. The van der Waals surface area contributed by atoms with E-state index in [9.17, 15) is 0 Å². The molecule has 0 aliphatic heterocycles. The molecule has 1 fully saturated rings. The van der Waals surface area contributed by atoms with Gasteiger partial charge in [0, 0.05) is 6.61 Å². The summed E-state index contributed by atoms with van der Waals surface area (Å²) in [6, 6.07) is 8.23. The predicted molar refractivity (Wildman–Crippen MR) is 60.0 cm³/mol. The quantitative estimate of drug-likeness (QED) is 0.801. The van der Waals surface area contributed by atoms with Crippen molar-refractivity contribution in [3.63, 3.8) is 0 Å². The molecule has 0 amide bonds. The number of rotatable bonds is 5. The molecule has 1 unspecified atom stereocenters. The second kappa shape index (κ2) is 4.67. The molecule has 2 nitrogen and oxygen atoms in total. The van der Waals surface area contributed by atoms with E-state index in [-0.39, 0.29) is 6.61 Å². The Morgan fingerprint density at radius 2 is 2.00 bits per heavy atom. The first kappa shape index (κ1) is 10.5. The second-order valence-electron chi connectivity index (χ2n) is 4.45. The summed E-state index contributed by atoms with van der Waals surface area (Å²) in [6.07, 6.45) is 3.79. The lowest BCUT2D eigenvalue weighted by Gasteiger charge is -2.09. The average molecular weight is 206 g/mol. The normalized spacial score (nSPS) is 17.5. The highest BCUT2D eigenvalue weighted by Gasteiger charge is 2.23. The highest BCUT2D eigenvalue weighted by molar-refractivity contribution is 5.28. The van der Waals surface area contributed by atoms with E-state index < -0.39 is 0 Å². The molecule has 1 aromatic rings. The van der Waals surface area contributed by atoms with Crippen LogP contribution < -0.4 is 4.74 Å². The molecule has 82 valence electrons. The lowest BCUT2D eigenvalue weighted by molar-refractivity contribution is 0.237. The summed E-state index contributed by atoms with van der Waals surface area (Å²) in [6.45, 7) is 2.30. The maximum atomic E-state index is 8.95. The second-order valence-corrected chi connectivity index (χ2v) is 4.45. The van der Waals surface area contributed by atoms with Crippen LogP contribution in [0.1, 0.15) is 25.3 Å². The van der Waals surface area contributed by atoms with Gasteiger partial charge in [-0.05, 0) is 42.9 Å². The van der Waals surface area contributed by atoms with Crippen LogP contribution in [0.3, 0.4) is 0 Å². The lowest BCUT2D eigenvalue weighted by atomic mass is 10.0. The smallest absolute Gasteiger partial charge is 0.119 e. The maximum Gasteiger partial charge on any atom is 0.119 e. The Morgan fingerprint density at radius 1 is 1.33 bits per heavy atom. The number of benzene rings is 1. The monoisotopic (exact) mass is 206 g/mol. The molecule has 0 heterocycles. The molecule has 0 saturated heterocycles. The molecule has 1 aliphatic carbocycles. The third-order valence-electron chi connectivity index (χ3n) is 2.65. The van der Waals surface area contributed by atoms with Crippen molar-refractivity contribution in [3.05, 3.63) is 29.8 Å². The molecule has 1 saturated carbocycles. The molecular weight excluding hydrogens is 188 g/mol. The summed E-state index contributed by atoms with van der Waals surface area (Å²) < 4.78 is 5.66.